The molecule has 1 N–H and O–H groups in total. The topological polar surface area (TPSA) is 156 Å². The molecule has 64 heavy (non-hydrogen) atoms. The van der Waals surface area contributed by atoms with E-state index in [-0.39, 0.29) is 43.7 Å². The van der Waals surface area contributed by atoms with Crippen LogP contribution < -0.4 is 5.32 Å². The van der Waals surface area contributed by atoms with Gasteiger partial charge in [0.05, 0.1) is 38.1 Å². The lowest BCUT2D eigenvalue weighted by Crippen LogP contribution is -2.39. The summed E-state index contributed by atoms with van der Waals surface area (Å²) in [5, 5.41) is 20.7. The average molecular weight is 873 g/mol. The molecule has 0 spiro atoms. The number of hydrogen-bond acceptors (Lipinski definition) is 11. The zero-order valence-corrected chi connectivity index (χ0v) is 38.1. The predicted molar refractivity (Wildman–Crippen MR) is 248 cm³/mol. The Bertz CT molecular complexity index is 2640. The number of carbonyl (C=O) groups excluding carboxylic acids is 3. The summed E-state index contributed by atoms with van der Waals surface area (Å²) in [6.07, 6.45) is 2.01. The van der Waals surface area contributed by atoms with Crippen LogP contribution in [0.5, 0.6) is 0 Å². The maximum atomic E-state index is 12.7. The van der Waals surface area contributed by atoms with Crippen molar-refractivity contribution >= 4 is 40.1 Å². The SMILES string of the molecule is C.CCn1nnc2c(C)c([C@@H](CC(=O)OC)c3ccc4c(c3)CN(C(=O)OC(C)(C)C)CC4)ccc21.CCn1nnc2c(C)c([C@@H](CC(=O)OC)c3ccc4c(c3)CNCC4)ccc21. The average Bonchev–Trinajstić information content (AvgIpc) is 3.92. The minimum Gasteiger partial charge on any atom is -0.469 e. The van der Waals surface area contributed by atoms with E-state index in [1.54, 1.807) is 4.90 Å². The third-order valence-corrected chi connectivity index (χ3v) is 12.3. The van der Waals surface area contributed by atoms with Crippen LogP contribution >= 0.6 is 0 Å². The zero-order chi connectivity index (χ0) is 45.0. The number of nitrogens with one attached hydrogen (secondary N) is 1. The molecule has 0 unspecified atom stereocenters. The van der Waals surface area contributed by atoms with Crippen LogP contribution in [0.4, 0.5) is 4.79 Å². The van der Waals surface area contributed by atoms with Gasteiger partial charge in [0.1, 0.15) is 16.6 Å². The van der Waals surface area contributed by atoms with Crippen molar-refractivity contribution in [3.05, 3.63) is 116 Å². The normalized spacial score (nSPS) is 14.4. The van der Waals surface area contributed by atoms with E-state index in [0.717, 1.165) is 100 Å². The Kier molecular flexibility index (Phi) is 14.9. The van der Waals surface area contributed by atoms with Crippen LogP contribution in [0.1, 0.15) is 122 Å². The number of benzene rings is 4. The van der Waals surface area contributed by atoms with Gasteiger partial charge < -0.3 is 24.4 Å². The first-order valence-electron chi connectivity index (χ1n) is 21.9. The van der Waals surface area contributed by atoms with Gasteiger partial charge in [-0.2, -0.15) is 0 Å². The molecule has 2 aliphatic heterocycles. The second kappa shape index (κ2) is 20.1. The summed E-state index contributed by atoms with van der Waals surface area (Å²) in [5.74, 6) is -0.769. The van der Waals surface area contributed by atoms with E-state index in [0.29, 0.717) is 19.5 Å². The number of amides is 1. The molecule has 14 heteroatoms. The molecule has 340 valence electrons. The van der Waals surface area contributed by atoms with Crippen LogP contribution in [-0.4, -0.2) is 85.8 Å². The summed E-state index contributed by atoms with van der Waals surface area (Å²) < 4.78 is 19.4. The number of ether oxygens (including phenoxy) is 3. The maximum Gasteiger partial charge on any atom is 0.410 e. The number of fused-ring (bicyclic) bond motifs is 4. The third kappa shape index (κ3) is 10.1. The summed E-state index contributed by atoms with van der Waals surface area (Å²) in [6.45, 7) is 18.3. The number of aryl methyl sites for hydroxylation is 4. The molecule has 0 bridgehead atoms. The van der Waals surface area contributed by atoms with Gasteiger partial charge in [-0.3, -0.25) is 9.59 Å². The maximum absolute atomic E-state index is 12.7. The van der Waals surface area contributed by atoms with E-state index in [2.05, 4.69) is 94.4 Å². The molecule has 6 aromatic rings. The first-order valence-corrected chi connectivity index (χ1v) is 21.9. The summed E-state index contributed by atoms with van der Waals surface area (Å²) in [7, 11) is 2.85. The lowest BCUT2D eigenvalue weighted by molar-refractivity contribution is -0.141. The van der Waals surface area contributed by atoms with Crippen molar-refractivity contribution in [3.8, 4) is 0 Å². The van der Waals surface area contributed by atoms with Gasteiger partial charge in [0, 0.05) is 44.6 Å². The fourth-order valence-corrected chi connectivity index (χ4v) is 8.90. The Morgan fingerprint density at radius 1 is 0.703 bits per heavy atom. The third-order valence-electron chi connectivity index (χ3n) is 12.3. The second-order valence-corrected chi connectivity index (χ2v) is 17.4. The number of aromatic nitrogens is 6. The Morgan fingerprint density at radius 3 is 1.69 bits per heavy atom. The number of nitrogens with zero attached hydrogens (tertiary/aromatic N) is 7. The molecule has 14 nitrogen and oxygen atoms in total. The van der Waals surface area contributed by atoms with E-state index < -0.39 is 5.60 Å². The predicted octanol–water partition coefficient (Wildman–Crippen LogP) is 8.48. The van der Waals surface area contributed by atoms with Gasteiger partial charge >= 0.3 is 18.0 Å². The molecular weight excluding hydrogens is 809 g/mol. The van der Waals surface area contributed by atoms with Crippen molar-refractivity contribution in [1.82, 2.24) is 40.2 Å². The van der Waals surface area contributed by atoms with Crippen LogP contribution in [0, 0.1) is 13.8 Å². The molecule has 0 fully saturated rings. The van der Waals surface area contributed by atoms with Gasteiger partial charge in [0.25, 0.3) is 0 Å². The second-order valence-electron chi connectivity index (χ2n) is 17.4. The number of hydrogen-bond donors (Lipinski definition) is 1. The first kappa shape index (κ1) is 47.3. The standard InChI is InChI=1S/C27H34N4O4.C22H26N4O2.CH4/c1-7-31-23-11-10-21(17(2)25(23)28-29-31)22(15-24(32)34-6)19-9-8-18-12-13-30(16-20(18)14-19)26(33)35-27(3,4)5;1-4-26-20-8-7-18(14(2)22(20)24-25-26)19(12-21(27)28-3)16-6-5-15-9-10-23-13-17(15)11-16;/h8-11,14,22H,7,12-13,15-16H2,1-6H3;5-8,11,19,23H,4,9-10,12-13H2,1-3H3;1H4/t22-;19-;/m00./s1. The summed E-state index contributed by atoms with van der Waals surface area (Å²) in [5.41, 5.74) is 14.5. The highest BCUT2D eigenvalue weighted by atomic mass is 16.6. The van der Waals surface area contributed by atoms with Crippen molar-refractivity contribution in [2.75, 3.05) is 27.3 Å². The molecule has 2 atom stereocenters. The quantitative estimate of drug-likeness (QED) is 0.104. The molecule has 0 saturated heterocycles. The van der Waals surface area contributed by atoms with E-state index >= 15 is 0 Å². The first-order chi connectivity index (χ1) is 30.2. The van der Waals surface area contributed by atoms with Gasteiger partial charge in [-0.05, 0) is 136 Å². The van der Waals surface area contributed by atoms with E-state index in [1.165, 1.54) is 30.9 Å². The smallest absolute Gasteiger partial charge is 0.410 e. The molecule has 0 aliphatic carbocycles. The van der Waals surface area contributed by atoms with Gasteiger partial charge in [-0.1, -0.05) is 66.4 Å². The van der Waals surface area contributed by atoms with Crippen molar-refractivity contribution < 1.29 is 28.6 Å². The Balaban J connectivity index is 0.000000214. The fourth-order valence-electron chi connectivity index (χ4n) is 8.90. The molecule has 0 radical (unpaired) electrons. The lowest BCUT2D eigenvalue weighted by Gasteiger charge is -2.32. The summed E-state index contributed by atoms with van der Waals surface area (Å²) in [6, 6.07) is 21.2. The van der Waals surface area contributed by atoms with Gasteiger partial charge in [-0.15, -0.1) is 10.2 Å². The monoisotopic (exact) mass is 872 g/mol. The highest BCUT2D eigenvalue weighted by Gasteiger charge is 2.29. The molecule has 8 rings (SSSR count). The highest BCUT2D eigenvalue weighted by molar-refractivity contribution is 5.82. The summed E-state index contributed by atoms with van der Waals surface area (Å²) in [4.78, 5) is 39.1. The molecule has 2 aromatic heterocycles. The highest BCUT2D eigenvalue weighted by Crippen LogP contribution is 2.37. The van der Waals surface area contributed by atoms with Crippen LogP contribution in [0.2, 0.25) is 0 Å². The summed E-state index contributed by atoms with van der Waals surface area (Å²) >= 11 is 0. The van der Waals surface area contributed by atoms with Crippen molar-refractivity contribution in [1.29, 1.82) is 0 Å². The van der Waals surface area contributed by atoms with Crippen molar-refractivity contribution in [2.24, 2.45) is 0 Å². The minimum atomic E-state index is -0.541. The molecule has 4 heterocycles. The Hall–Kier alpha value is -6.15. The van der Waals surface area contributed by atoms with E-state index in [4.69, 9.17) is 14.2 Å². The van der Waals surface area contributed by atoms with E-state index in [1.807, 2.05) is 50.0 Å². The van der Waals surface area contributed by atoms with Crippen molar-refractivity contribution in [2.45, 2.75) is 125 Å². The number of rotatable bonds is 10. The van der Waals surface area contributed by atoms with Crippen LogP contribution in [0.15, 0.2) is 60.7 Å². The minimum absolute atomic E-state index is 0. The van der Waals surface area contributed by atoms with Crippen LogP contribution in [0.25, 0.3) is 22.1 Å². The molecule has 1 amide bonds. The van der Waals surface area contributed by atoms with Gasteiger partial charge in [-0.25, -0.2) is 14.2 Å². The van der Waals surface area contributed by atoms with Gasteiger partial charge in [0.15, 0.2) is 0 Å². The van der Waals surface area contributed by atoms with E-state index in [9.17, 15) is 14.4 Å². The number of methoxy groups -OCH3 is 2. The van der Waals surface area contributed by atoms with Crippen LogP contribution in [0.3, 0.4) is 0 Å². The zero-order valence-electron chi connectivity index (χ0n) is 38.1. The molecule has 4 aromatic carbocycles. The number of esters is 2. The lowest BCUT2D eigenvalue weighted by atomic mass is 9.83. The Morgan fingerprint density at radius 2 is 1.20 bits per heavy atom. The molecule has 0 saturated carbocycles. The molecule has 2 aliphatic rings. The van der Waals surface area contributed by atoms with Crippen LogP contribution in [-0.2, 0) is 62.8 Å². The Labute approximate surface area is 376 Å². The largest absolute Gasteiger partial charge is 0.469 e. The fraction of sp³-hybridized carbons (Fsp3) is 0.460. The number of carbonyl (C=O) groups is 3. The molecular formula is C50H64N8O6. The van der Waals surface area contributed by atoms with Gasteiger partial charge in [0.2, 0.25) is 0 Å². The van der Waals surface area contributed by atoms with Crippen molar-refractivity contribution in [3.63, 3.8) is 0 Å².